The third kappa shape index (κ3) is 33.2. The lowest BCUT2D eigenvalue weighted by atomic mass is 9.95. The second-order valence-corrected chi connectivity index (χ2v) is 42.9. The number of aromatic nitrogens is 3. The van der Waals surface area contributed by atoms with Gasteiger partial charge in [0.1, 0.15) is 90.3 Å². The predicted molar refractivity (Wildman–Crippen MR) is 567 cm³/mol. The van der Waals surface area contributed by atoms with E-state index in [0.29, 0.717) is 49.6 Å². The molecule has 17 amide bonds. The van der Waals surface area contributed by atoms with Gasteiger partial charge in [-0.1, -0.05) is 202 Å². The number of carbonyl (C=O) groups is 17. The summed E-state index contributed by atoms with van der Waals surface area (Å²) in [5.41, 5.74) is 2.20. The normalized spacial score (nSPS) is 15.8. The summed E-state index contributed by atoms with van der Waals surface area (Å²) in [6, 6.07) is 16.6. The van der Waals surface area contributed by atoms with Crippen LogP contribution in [0.1, 0.15) is 211 Å². The lowest BCUT2D eigenvalue weighted by molar-refractivity contribution is -0.137. The van der Waals surface area contributed by atoms with Gasteiger partial charge >= 0.3 is 0 Å². The van der Waals surface area contributed by atoms with Gasteiger partial charge in [0.05, 0.1) is 6.54 Å². The first-order valence-corrected chi connectivity index (χ1v) is 51.2. The number of phenolic OH excluding ortho intramolecular Hbond substituents is 1. The first kappa shape index (κ1) is 118. The smallest absolute Gasteiger partial charge is 0.255 e. The van der Waals surface area contributed by atoms with E-state index < -0.39 is 220 Å². The number of nitrogens with one attached hydrogen (secondary N) is 19. The third-order valence-electron chi connectivity index (χ3n) is 26.2. The van der Waals surface area contributed by atoms with Crippen molar-refractivity contribution in [3.05, 3.63) is 191 Å². The maximum Gasteiger partial charge on any atom is 0.255 e. The van der Waals surface area contributed by atoms with Crippen LogP contribution in [-0.2, 0) is 102 Å². The van der Waals surface area contributed by atoms with Gasteiger partial charge in [0.25, 0.3) is 11.8 Å². The molecule has 20 N–H and O–H groups in total. The van der Waals surface area contributed by atoms with Gasteiger partial charge in [0.2, 0.25) is 88.6 Å². The topological polar surface area (TPSA) is 577 Å². The Morgan fingerprint density at radius 1 is 0.315 bits per heavy atom. The van der Waals surface area contributed by atoms with Crippen LogP contribution in [0.5, 0.6) is 5.75 Å². The summed E-state index contributed by atoms with van der Waals surface area (Å²) in [6.07, 6.45) is 5.72. The van der Waals surface area contributed by atoms with Crippen LogP contribution in [0.4, 0.5) is 0 Å². The minimum atomic E-state index is -1.55. The first-order valence-electron chi connectivity index (χ1n) is 51.2. The van der Waals surface area contributed by atoms with Crippen molar-refractivity contribution in [3.8, 4) is 5.75 Å². The van der Waals surface area contributed by atoms with Gasteiger partial charge in [0, 0.05) is 99.2 Å². The summed E-state index contributed by atoms with van der Waals surface area (Å²) in [5, 5.41) is 70.5. The highest BCUT2D eigenvalue weighted by Crippen LogP contribution is 2.39. The van der Waals surface area contributed by atoms with Crippen LogP contribution in [0, 0.1) is 52.6 Å². The molecule has 9 rings (SSSR count). The fourth-order valence-electron chi connectivity index (χ4n) is 18.0. The molecule has 0 fully saturated rings. The highest BCUT2D eigenvalue weighted by molar-refractivity contribution is 6.09. The van der Waals surface area contributed by atoms with Crippen LogP contribution in [0.2, 0.25) is 0 Å². The van der Waals surface area contributed by atoms with E-state index in [0.717, 1.165) is 16.0 Å². The van der Waals surface area contributed by atoms with E-state index >= 15 is 33.6 Å². The molecule has 0 aliphatic carbocycles. The van der Waals surface area contributed by atoms with E-state index in [1.807, 2.05) is 62.4 Å². The number of rotatable bonds is 52. The Labute approximate surface area is 869 Å². The standard InChI is InChI=1S/C110H151N20O19/c1-57(2)44-80(117-93(133)65(17)115-88(132)56-114-105(145)89(61(9)10)126-95(135)68-32-24-23-25-33-68)97(137)116-66(18)94(134)125-91(63(13)14)107(147)128-92(64(15)16)108(148)127-90(62(11)12)106(146)124-86(50-70-54-112-78-38-30-27-35-74(70)78)103(143)120-81(45-58(3)4)98(138)121-84(48-67-40-42-72(131)43-41-67)101(141)118-82(46-59(5)6)99(139)122-85(49-69-53-111-77-37-29-26-34-73(69)77)102(142)119-83(47-60(7)8)100(140)123-87(51-71-55-113-79-39-31-28-36-75(71)79)104(144)129-96(136)76-52-109(19,20)130(149)110(76,21)22/h23-43,52-55,57-66,80-87,89-92,111-113,131H,44-51,56H2,1-22H3,(H,114,145)(H,115,132)(H,116,137)(H,117,133)(H,118,141)(H,119,142)(H,120,143)(H,121,138)(H,122,139)(H,123,140)(H,124,146)(H,125,134)(H,126,135)(H,127,148)(H,128,147)(H,129,136,144)/q-1/t65-,66-,80+,81+,82+,83+,84-,85-,86-,87-,89-,90+,91+,92-/m0/s1. The Morgan fingerprint density at radius 3 is 0.987 bits per heavy atom. The second-order valence-electron chi connectivity index (χ2n) is 42.9. The number of fused-ring (bicyclic) bond motifs is 3. The Balaban J connectivity index is 0.900. The number of nitrogens with zero attached hydrogens (tertiary/aromatic N) is 1. The lowest BCUT2D eigenvalue weighted by Gasteiger charge is -2.47. The molecular weight excluding hydrogens is 1910 g/mol. The summed E-state index contributed by atoms with van der Waals surface area (Å²) >= 11 is 0. The molecule has 0 radical (unpaired) electrons. The van der Waals surface area contributed by atoms with Gasteiger partial charge < -0.3 is 110 Å². The predicted octanol–water partition coefficient (Wildman–Crippen LogP) is 7.11. The monoisotopic (exact) mass is 2060 g/mol. The highest BCUT2D eigenvalue weighted by Gasteiger charge is 2.46. The van der Waals surface area contributed by atoms with E-state index in [9.17, 15) is 58.3 Å². The number of amides is 17. The number of para-hydroxylation sites is 3. The van der Waals surface area contributed by atoms with Gasteiger partial charge in [-0.3, -0.25) is 86.8 Å². The molecule has 39 nitrogen and oxygen atoms in total. The first-order chi connectivity index (χ1) is 70.1. The summed E-state index contributed by atoms with van der Waals surface area (Å²) in [6.45, 7) is 36.3. The molecule has 0 saturated heterocycles. The molecule has 1 aliphatic rings. The number of imide groups is 1. The van der Waals surface area contributed by atoms with Crippen molar-refractivity contribution < 1.29 is 86.6 Å². The zero-order valence-corrected chi connectivity index (χ0v) is 89.2. The van der Waals surface area contributed by atoms with E-state index in [1.54, 1.807) is 198 Å². The Hall–Kier alpha value is -14.6. The van der Waals surface area contributed by atoms with Crippen molar-refractivity contribution in [2.45, 2.75) is 299 Å². The van der Waals surface area contributed by atoms with Crippen LogP contribution in [0.15, 0.2) is 158 Å². The van der Waals surface area contributed by atoms with Crippen molar-refractivity contribution in [3.63, 3.8) is 0 Å². The molecule has 8 aromatic rings. The minimum Gasteiger partial charge on any atom is -0.784 e. The molecule has 0 unspecified atom stereocenters. The lowest BCUT2D eigenvalue weighted by Crippen LogP contribution is -2.62. The quantitative estimate of drug-likeness (QED) is 0.0180. The van der Waals surface area contributed by atoms with E-state index in [-0.39, 0.29) is 92.3 Å². The maximum atomic E-state index is 15.5. The van der Waals surface area contributed by atoms with Crippen LogP contribution in [-0.4, -0.2) is 228 Å². The molecule has 3 aromatic heterocycles. The summed E-state index contributed by atoms with van der Waals surface area (Å²) < 4.78 is 0. The molecule has 14 atom stereocenters. The zero-order valence-electron chi connectivity index (χ0n) is 89.2. The van der Waals surface area contributed by atoms with Crippen LogP contribution >= 0.6 is 0 Å². The average Bonchev–Trinajstić information content (AvgIpc) is 1.60. The molecule has 0 spiro atoms. The number of hydrogen-bond acceptors (Lipinski definition) is 20. The van der Waals surface area contributed by atoms with Gasteiger partial charge in [-0.25, -0.2) is 0 Å². The fourth-order valence-corrected chi connectivity index (χ4v) is 18.0. The minimum absolute atomic E-state index is 0.000804. The number of aromatic amines is 3. The molecule has 0 saturated carbocycles. The third-order valence-corrected chi connectivity index (χ3v) is 26.2. The molecule has 5 aromatic carbocycles. The van der Waals surface area contributed by atoms with Crippen molar-refractivity contribution in [2.24, 2.45) is 47.3 Å². The molecule has 149 heavy (non-hydrogen) atoms. The highest BCUT2D eigenvalue weighted by atomic mass is 16.5. The Bertz CT molecular complexity index is 6110. The van der Waals surface area contributed by atoms with Crippen molar-refractivity contribution in [2.75, 3.05) is 6.54 Å². The largest absolute Gasteiger partial charge is 0.784 e. The van der Waals surface area contributed by atoms with Crippen molar-refractivity contribution >= 4 is 133 Å². The van der Waals surface area contributed by atoms with Gasteiger partial charge in [-0.2, -0.15) is 0 Å². The molecule has 0 bridgehead atoms. The molecule has 4 heterocycles. The number of phenols is 1. The number of benzene rings is 5. The van der Waals surface area contributed by atoms with Gasteiger partial charge in [-0.05, 0) is 179 Å². The fraction of sp³-hybridized carbons (Fsp3) is 0.500. The van der Waals surface area contributed by atoms with Crippen LogP contribution in [0.3, 0.4) is 0 Å². The van der Waals surface area contributed by atoms with Crippen molar-refractivity contribution in [1.29, 1.82) is 0 Å². The van der Waals surface area contributed by atoms with Crippen LogP contribution < -0.4 is 85.1 Å². The molecule has 1 aliphatic heterocycles. The molecule has 39 heteroatoms. The van der Waals surface area contributed by atoms with E-state index in [1.165, 1.54) is 44.2 Å². The average molecular weight is 2060 g/mol. The zero-order chi connectivity index (χ0) is 110. The van der Waals surface area contributed by atoms with Gasteiger partial charge in [-0.15, -0.1) is 0 Å². The SMILES string of the molecule is CC(C)C[C@@H](NC(=O)[C@H](C)NC(=O)CNC(=O)[C@@H](NC(=O)c1ccccc1)C(C)C)C(=O)N[C@@H](C)C(=O)N[C@@H](C(=O)N[C@H](C(=O)N[C@@H](C(=O)N[C@@H](Cc1c[nH]c2ccccc12)C(=O)N[C@H](CC(C)C)C(=O)N[C@@H](Cc1ccc(O)cc1)C(=O)N[C@H](CC(C)C)C(=O)N[C@@H](Cc1c[nH]c2ccccc12)C(=O)N[C@H](CC(C)C)C(=O)N[C@@H](Cc1c[nH]c2ccccc12)C(=O)NC(=O)C1=CC(C)(C)N([O-])C1(C)C)C(C)C)C(C)C)C(C)C. The number of H-pyrrole nitrogens is 3. The van der Waals surface area contributed by atoms with Crippen LogP contribution in [0.25, 0.3) is 32.7 Å². The number of hydroxylamine groups is 2. The van der Waals surface area contributed by atoms with E-state index in [4.69, 9.17) is 0 Å². The second kappa shape index (κ2) is 53.3. The maximum absolute atomic E-state index is 15.5. The van der Waals surface area contributed by atoms with Crippen molar-refractivity contribution in [1.82, 2.24) is 105 Å². The van der Waals surface area contributed by atoms with E-state index in [2.05, 4.69) is 100 Å². The molecule has 806 valence electrons. The Kier molecular flexibility index (Phi) is 42.2. The summed E-state index contributed by atoms with van der Waals surface area (Å²) in [5.74, 6) is -17.3. The summed E-state index contributed by atoms with van der Waals surface area (Å²) in [7, 11) is 0. The number of hydrogen-bond donors (Lipinski definition) is 20. The number of carbonyl (C=O) groups excluding carboxylic acids is 17. The number of aromatic hydroxyl groups is 1. The summed E-state index contributed by atoms with van der Waals surface area (Å²) in [4.78, 5) is 257. The van der Waals surface area contributed by atoms with Gasteiger partial charge in [0.15, 0.2) is 0 Å². The molecular formula is C110H151N20O19-. The Morgan fingerprint density at radius 2 is 0.617 bits per heavy atom.